The molecule has 0 saturated carbocycles. The molecule has 106 valence electrons. The van der Waals surface area contributed by atoms with Crippen LogP contribution in [0.25, 0.3) is 0 Å². The van der Waals surface area contributed by atoms with Crippen LogP contribution in [0.1, 0.15) is 0 Å². The van der Waals surface area contributed by atoms with Crippen molar-refractivity contribution in [2.24, 2.45) is 0 Å². The van der Waals surface area contributed by atoms with Gasteiger partial charge in [-0.1, -0.05) is 34.8 Å². The van der Waals surface area contributed by atoms with Gasteiger partial charge in [0.1, 0.15) is 5.02 Å². The molecule has 8 heteroatoms. The minimum atomic E-state index is -0.751. The topological polar surface area (TPSA) is 64.1 Å². The lowest BCUT2D eigenvalue weighted by Crippen LogP contribution is -2.03. The van der Waals surface area contributed by atoms with Gasteiger partial charge in [-0.25, -0.2) is 4.39 Å². The lowest BCUT2D eigenvalue weighted by Gasteiger charge is -2.15. The van der Waals surface area contributed by atoms with Crippen molar-refractivity contribution in [3.63, 3.8) is 0 Å². The number of anilines is 4. The normalized spacial score (nSPS) is 10.7. The van der Waals surface area contributed by atoms with E-state index in [9.17, 15) is 4.39 Å². The highest BCUT2D eigenvalue weighted by molar-refractivity contribution is 9.10. The van der Waals surface area contributed by atoms with Gasteiger partial charge in [-0.2, -0.15) is 0 Å². The molecule has 0 atom stereocenters. The Morgan fingerprint density at radius 3 is 2.30 bits per heavy atom. The van der Waals surface area contributed by atoms with Gasteiger partial charge in [0, 0.05) is 4.47 Å². The highest BCUT2D eigenvalue weighted by Gasteiger charge is 2.16. The van der Waals surface area contributed by atoms with Gasteiger partial charge in [-0.05, 0) is 34.1 Å². The van der Waals surface area contributed by atoms with Crippen molar-refractivity contribution in [1.29, 1.82) is 0 Å². The molecule has 2 aromatic carbocycles. The van der Waals surface area contributed by atoms with Crippen molar-refractivity contribution in [1.82, 2.24) is 0 Å². The van der Waals surface area contributed by atoms with Crippen LogP contribution in [0.3, 0.4) is 0 Å². The van der Waals surface area contributed by atoms with Gasteiger partial charge in [0.25, 0.3) is 0 Å². The summed E-state index contributed by atoms with van der Waals surface area (Å²) >= 11 is 21.1. The quantitative estimate of drug-likeness (QED) is 0.464. The Bertz CT molecular complexity index is 694. The Kier molecular flexibility index (Phi) is 4.54. The first-order valence-electron chi connectivity index (χ1n) is 5.26. The average molecular weight is 399 g/mol. The Hall–Kier alpha value is -0.880. The van der Waals surface area contributed by atoms with Gasteiger partial charge in [0.2, 0.25) is 0 Å². The number of benzene rings is 2. The zero-order chi connectivity index (χ0) is 15.0. The second-order valence-corrected chi connectivity index (χ2v) is 5.89. The molecular formula is C12H8BrCl3FN3. The van der Waals surface area contributed by atoms with Gasteiger partial charge in [0.15, 0.2) is 5.82 Å². The van der Waals surface area contributed by atoms with Crippen molar-refractivity contribution in [2.45, 2.75) is 0 Å². The van der Waals surface area contributed by atoms with Gasteiger partial charge < -0.3 is 16.8 Å². The van der Waals surface area contributed by atoms with E-state index in [-0.39, 0.29) is 27.1 Å². The van der Waals surface area contributed by atoms with Crippen LogP contribution in [0.2, 0.25) is 15.1 Å². The van der Waals surface area contributed by atoms with Crippen LogP contribution in [-0.4, -0.2) is 0 Å². The van der Waals surface area contributed by atoms with Crippen LogP contribution in [0.4, 0.5) is 27.1 Å². The van der Waals surface area contributed by atoms with Crippen molar-refractivity contribution in [3.05, 3.63) is 43.6 Å². The summed E-state index contributed by atoms with van der Waals surface area (Å²) < 4.78 is 14.7. The molecule has 0 unspecified atom stereocenters. The maximum Gasteiger partial charge on any atom is 0.169 e. The van der Waals surface area contributed by atoms with Gasteiger partial charge in [-0.3, -0.25) is 0 Å². The summed E-state index contributed by atoms with van der Waals surface area (Å²) in [5.41, 5.74) is 11.8. The Balaban J connectivity index is 2.51. The molecule has 0 saturated heterocycles. The Morgan fingerprint density at radius 2 is 1.65 bits per heavy atom. The van der Waals surface area contributed by atoms with E-state index in [0.717, 1.165) is 0 Å². The third kappa shape index (κ3) is 2.76. The molecule has 0 radical (unpaired) electrons. The van der Waals surface area contributed by atoms with Crippen LogP contribution in [-0.2, 0) is 0 Å². The summed E-state index contributed by atoms with van der Waals surface area (Å²) in [5, 5.41) is 3.09. The summed E-state index contributed by atoms with van der Waals surface area (Å²) in [7, 11) is 0. The van der Waals surface area contributed by atoms with Crippen LogP contribution < -0.4 is 16.8 Å². The third-order valence-corrected chi connectivity index (χ3v) is 4.72. The zero-order valence-electron chi connectivity index (χ0n) is 9.78. The second kappa shape index (κ2) is 5.85. The van der Waals surface area contributed by atoms with E-state index in [1.54, 1.807) is 12.1 Å². The predicted octanol–water partition coefficient (Wildman–Crippen LogP) is 5.46. The molecule has 20 heavy (non-hydrogen) atoms. The summed E-state index contributed by atoms with van der Waals surface area (Å²) in [4.78, 5) is 0. The molecule has 0 heterocycles. The van der Waals surface area contributed by atoms with E-state index < -0.39 is 5.82 Å². The van der Waals surface area contributed by atoms with Crippen molar-refractivity contribution >= 4 is 73.5 Å². The average Bonchev–Trinajstić information content (AvgIpc) is 2.41. The maximum absolute atomic E-state index is 14.1. The highest BCUT2D eigenvalue weighted by Crippen LogP contribution is 2.40. The number of hydrogen-bond acceptors (Lipinski definition) is 3. The molecular weight excluding hydrogens is 391 g/mol. The molecule has 2 aromatic rings. The van der Waals surface area contributed by atoms with Crippen LogP contribution >= 0.6 is 50.7 Å². The molecule has 0 aliphatic rings. The van der Waals surface area contributed by atoms with E-state index in [2.05, 4.69) is 21.2 Å². The fourth-order valence-electron chi connectivity index (χ4n) is 1.55. The molecule has 0 aliphatic carbocycles. The number of rotatable bonds is 2. The molecule has 0 aliphatic heterocycles. The van der Waals surface area contributed by atoms with E-state index >= 15 is 0 Å². The first kappa shape index (κ1) is 15.5. The largest absolute Gasteiger partial charge is 0.397 e. The SMILES string of the molecule is Nc1cc(N)c(Nc2ccc(Br)c(Cl)c2Cl)c(F)c1Cl. The number of nitrogen functional groups attached to an aromatic ring is 2. The molecule has 3 nitrogen and oxygen atoms in total. The highest BCUT2D eigenvalue weighted by atomic mass is 79.9. The predicted molar refractivity (Wildman–Crippen MR) is 87.7 cm³/mol. The molecule has 0 aromatic heterocycles. The van der Waals surface area contributed by atoms with E-state index in [4.69, 9.17) is 46.3 Å². The summed E-state index contributed by atoms with van der Waals surface area (Å²) in [6.45, 7) is 0. The van der Waals surface area contributed by atoms with Gasteiger partial charge in [0.05, 0.1) is 32.8 Å². The second-order valence-electron chi connectivity index (χ2n) is 3.91. The van der Waals surface area contributed by atoms with E-state index in [0.29, 0.717) is 15.2 Å². The van der Waals surface area contributed by atoms with E-state index in [1.807, 2.05) is 0 Å². The molecule has 0 fully saturated rings. The first-order valence-corrected chi connectivity index (χ1v) is 7.19. The molecule has 0 bridgehead atoms. The standard InChI is InChI=1S/C12H8BrCl3FN3/c13-4-1-2-7(10(16)8(4)14)20-12-6(19)3-5(18)9(15)11(12)17/h1-3,20H,18-19H2. The lowest BCUT2D eigenvalue weighted by atomic mass is 10.2. The summed E-state index contributed by atoms with van der Waals surface area (Å²) in [6.07, 6.45) is 0. The fraction of sp³-hybridized carbons (Fsp3) is 0. The van der Waals surface area contributed by atoms with Crippen LogP contribution in [0.5, 0.6) is 0 Å². The third-order valence-electron chi connectivity index (χ3n) is 2.56. The lowest BCUT2D eigenvalue weighted by molar-refractivity contribution is 0.633. The number of nitrogens with two attached hydrogens (primary N) is 2. The molecule has 0 amide bonds. The van der Waals surface area contributed by atoms with Crippen LogP contribution in [0.15, 0.2) is 22.7 Å². The minimum absolute atomic E-state index is 0.00973. The minimum Gasteiger partial charge on any atom is -0.397 e. The van der Waals surface area contributed by atoms with Gasteiger partial charge in [-0.15, -0.1) is 0 Å². The first-order chi connectivity index (χ1) is 9.32. The molecule has 5 N–H and O–H groups in total. The monoisotopic (exact) mass is 397 g/mol. The molecule has 2 rings (SSSR count). The fourth-order valence-corrected chi connectivity index (χ4v) is 2.52. The molecule has 0 spiro atoms. The zero-order valence-corrected chi connectivity index (χ0v) is 13.6. The summed E-state index contributed by atoms with van der Waals surface area (Å²) in [5.74, 6) is -0.751. The van der Waals surface area contributed by atoms with E-state index in [1.165, 1.54) is 6.07 Å². The van der Waals surface area contributed by atoms with Crippen molar-refractivity contribution in [2.75, 3.05) is 16.8 Å². The number of hydrogen-bond donors (Lipinski definition) is 3. The smallest absolute Gasteiger partial charge is 0.169 e. The number of halogens is 5. The van der Waals surface area contributed by atoms with Crippen LogP contribution in [0, 0.1) is 5.82 Å². The van der Waals surface area contributed by atoms with Crippen molar-refractivity contribution in [3.8, 4) is 0 Å². The number of nitrogens with one attached hydrogen (secondary N) is 1. The Labute approximate surface area is 138 Å². The Morgan fingerprint density at radius 1 is 1.00 bits per heavy atom. The van der Waals surface area contributed by atoms with Gasteiger partial charge >= 0.3 is 0 Å². The van der Waals surface area contributed by atoms with Crippen molar-refractivity contribution < 1.29 is 4.39 Å². The summed E-state index contributed by atoms with van der Waals surface area (Å²) in [6, 6.07) is 4.66. The maximum atomic E-state index is 14.1.